The van der Waals surface area contributed by atoms with Crippen molar-refractivity contribution in [2.45, 2.75) is 31.8 Å². The largest absolute Gasteiger partial charge is 0.333 e. The molecule has 2 aromatic rings. The molecule has 0 radical (unpaired) electrons. The van der Waals surface area contributed by atoms with Crippen molar-refractivity contribution < 1.29 is 4.79 Å². The minimum atomic E-state index is -0.174. The first-order valence-corrected chi connectivity index (χ1v) is 8.37. The normalized spacial score (nSPS) is 31.5. The quantitative estimate of drug-likeness (QED) is 0.927. The Bertz CT molecular complexity index is 657. The molecule has 21 heavy (non-hydrogen) atoms. The van der Waals surface area contributed by atoms with Crippen LogP contribution in [0.2, 0.25) is 0 Å². The van der Waals surface area contributed by atoms with Crippen molar-refractivity contribution >= 4 is 27.3 Å². The van der Waals surface area contributed by atoms with E-state index in [0.717, 1.165) is 40.4 Å². The molecule has 110 valence electrons. The predicted molar refractivity (Wildman–Crippen MR) is 84.4 cm³/mol. The molecule has 0 aromatic carbocycles. The Labute approximate surface area is 128 Å². The Balaban J connectivity index is 1.57. The number of thiophene rings is 1. The van der Waals surface area contributed by atoms with E-state index in [2.05, 4.69) is 22.1 Å². The molecule has 0 spiro atoms. The van der Waals surface area contributed by atoms with Crippen LogP contribution in [0.3, 0.4) is 0 Å². The maximum Gasteiger partial charge on any atom is 0.262 e. The lowest BCUT2D eigenvalue weighted by Gasteiger charge is -2.52. The number of piperidine rings is 3. The van der Waals surface area contributed by atoms with Gasteiger partial charge in [0.05, 0.1) is 15.2 Å². The first-order valence-electron chi connectivity index (χ1n) is 7.55. The molecular weight excluding hydrogens is 282 g/mol. The zero-order chi connectivity index (χ0) is 14.4. The monoisotopic (exact) mass is 301 g/mol. The van der Waals surface area contributed by atoms with Gasteiger partial charge < -0.3 is 5.32 Å². The molecule has 5 heteroatoms. The van der Waals surface area contributed by atoms with Crippen molar-refractivity contribution in [2.24, 2.45) is 5.92 Å². The molecule has 0 aliphatic carbocycles. The third-order valence-corrected chi connectivity index (χ3v) is 6.01. The minimum absolute atomic E-state index is 0.0475. The average molecular weight is 301 g/mol. The number of rotatable bonds is 2. The van der Waals surface area contributed by atoms with Gasteiger partial charge in [-0.25, -0.2) is 0 Å². The van der Waals surface area contributed by atoms with Crippen molar-refractivity contribution in [3.05, 3.63) is 29.4 Å². The zero-order valence-corrected chi connectivity index (χ0v) is 12.9. The van der Waals surface area contributed by atoms with Crippen LogP contribution in [0.5, 0.6) is 0 Å². The summed E-state index contributed by atoms with van der Waals surface area (Å²) in [7, 11) is 0. The number of hydrogen-bond donors (Lipinski definition) is 1. The molecule has 5 rings (SSSR count). The second-order valence-electron chi connectivity index (χ2n) is 6.39. The fourth-order valence-electron chi connectivity index (χ4n) is 3.75. The van der Waals surface area contributed by atoms with Gasteiger partial charge in [-0.1, -0.05) is 0 Å². The summed E-state index contributed by atoms with van der Waals surface area (Å²) in [5.41, 5.74) is -0.174. The van der Waals surface area contributed by atoms with Crippen LogP contribution in [0.15, 0.2) is 24.5 Å². The average Bonchev–Trinajstić information content (AvgIpc) is 2.92. The molecule has 2 aromatic heterocycles. The zero-order valence-electron chi connectivity index (χ0n) is 12.1. The van der Waals surface area contributed by atoms with E-state index >= 15 is 0 Å². The smallest absolute Gasteiger partial charge is 0.262 e. The lowest BCUT2D eigenvalue weighted by molar-refractivity contribution is -0.0346. The summed E-state index contributed by atoms with van der Waals surface area (Å²) >= 11 is 1.52. The highest BCUT2D eigenvalue weighted by Gasteiger charge is 2.43. The summed E-state index contributed by atoms with van der Waals surface area (Å²) in [4.78, 5) is 19.9. The molecule has 3 saturated heterocycles. The van der Waals surface area contributed by atoms with Gasteiger partial charge in [0.2, 0.25) is 0 Å². The van der Waals surface area contributed by atoms with Crippen LogP contribution in [0.1, 0.15) is 35.9 Å². The molecule has 2 bridgehead atoms. The summed E-state index contributed by atoms with van der Waals surface area (Å²) in [6.07, 6.45) is 7.22. The van der Waals surface area contributed by atoms with E-state index < -0.39 is 0 Å². The number of aromatic nitrogens is 1. The topological polar surface area (TPSA) is 45.2 Å². The van der Waals surface area contributed by atoms with Gasteiger partial charge in [-0.05, 0) is 49.6 Å². The van der Waals surface area contributed by atoms with Gasteiger partial charge in [0.15, 0.2) is 0 Å². The first kappa shape index (κ1) is 13.2. The number of fused-ring (bicyclic) bond motifs is 4. The van der Waals surface area contributed by atoms with E-state index in [9.17, 15) is 4.79 Å². The molecular formula is C16H19N3OS. The van der Waals surface area contributed by atoms with Crippen LogP contribution in [0.4, 0.5) is 0 Å². The van der Waals surface area contributed by atoms with E-state index in [-0.39, 0.29) is 11.6 Å². The number of carbonyl (C=O) groups is 1. The molecule has 0 unspecified atom stereocenters. The lowest BCUT2D eigenvalue weighted by atomic mass is 9.80. The molecule has 3 aliphatic rings. The van der Waals surface area contributed by atoms with Crippen LogP contribution >= 0.6 is 11.3 Å². The van der Waals surface area contributed by atoms with Crippen LogP contribution in [-0.2, 0) is 0 Å². The van der Waals surface area contributed by atoms with Gasteiger partial charge in [0, 0.05) is 25.5 Å². The third kappa shape index (κ3) is 2.24. The van der Waals surface area contributed by atoms with E-state index in [1.165, 1.54) is 24.2 Å². The highest BCUT2D eigenvalue weighted by atomic mass is 32.1. The number of carbonyl (C=O) groups excluding carboxylic acids is 1. The van der Waals surface area contributed by atoms with Gasteiger partial charge in [-0.15, -0.1) is 11.3 Å². The van der Waals surface area contributed by atoms with Crippen molar-refractivity contribution in [1.29, 1.82) is 0 Å². The Hall–Kier alpha value is -1.46. The van der Waals surface area contributed by atoms with Crippen molar-refractivity contribution in [3.63, 3.8) is 0 Å². The fraction of sp³-hybridized carbons (Fsp3) is 0.500. The van der Waals surface area contributed by atoms with Crippen LogP contribution in [0.25, 0.3) is 10.1 Å². The van der Waals surface area contributed by atoms with Gasteiger partial charge in [0.25, 0.3) is 5.91 Å². The standard InChI is InChI=1S/C16H19N3OS/c1-16(9-11-3-6-19(16)7-4-11)18-15(20)13-8-12-2-5-17-10-14(12)21-13/h2,5,8,10-11H,3-4,6-7,9H2,1H3,(H,18,20)/t16-/m0/s1. The fourth-order valence-corrected chi connectivity index (χ4v) is 4.68. The third-order valence-electron chi connectivity index (χ3n) is 4.93. The minimum Gasteiger partial charge on any atom is -0.333 e. The van der Waals surface area contributed by atoms with Gasteiger partial charge in [-0.3, -0.25) is 14.7 Å². The Kier molecular flexibility index (Phi) is 3.01. The van der Waals surface area contributed by atoms with Gasteiger partial charge >= 0.3 is 0 Å². The number of nitrogens with one attached hydrogen (secondary N) is 1. The van der Waals surface area contributed by atoms with Gasteiger partial charge in [-0.2, -0.15) is 0 Å². The second kappa shape index (κ2) is 4.78. The van der Waals surface area contributed by atoms with Crippen LogP contribution in [0, 0.1) is 5.92 Å². The lowest BCUT2D eigenvalue weighted by Crippen LogP contribution is -2.65. The molecule has 1 amide bonds. The summed E-state index contributed by atoms with van der Waals surface area (Å²) in [6, 6.07) is 3.92. The molecule has 1 N–H and O–H groups in total. The molecule has 4 nitrogen and oxygen atoms in total. The summed E-state index contributed by atoms with van der Waals surface area (Å²) in [5, 5.41) is 4.37. The van der Waals surface area contributed by atoms with E-state index in [4.69, 9.17) is 0 Å². The van der Waals surface area contributed by atoms with E-state index in [0.29, 0.717) is 0 Å². The number of hydrogen-bond acceptors (Lipinski definition) is 4. The predicted octanol–water partition coefficient (Wildman–Crippen LogP) is 2.86. The van der Waals surface area contributed by atoms with Gasteiger partial charge in [0.1, 0.15) is 0 Å². The van der Waals surface area contributed by atoms with Crippen molar-refractivity contribution in [3.8, 4) is 0 Å². The molecule has 3 fully saturated rings. The second-order valence-corrected chi connectivity index (χ2v) is 7.47. The van der Waals surface area contributed by atoms with Crippen LogP contribution in [-0.4, -0.2) is 34.5 Å². The highest BCUT2D eigenvalue weighted by molar-refractivity contribution is 7.20. The van der Waals surface area contributed by atoms with Crippen molar-refractivity contribution in [2.75, 3.05) is 13.1 Å². The molecule has 5 heterocycles. The summed E-state index contributed by atoms with van der Waals surface area (Å²) in [6.45, 7) is 4.39. The number of amides is 1. The number of pyridine rings is 1. The van der Waals surface area contributed by atoms with Crippen molar-refractivity contribution in [1.82, 2.24) is 15.2 Å². The summed E-state index contributed by atoms with van der Waals surface area (Å²) < 4.78 is 1.07. The van der Waals surface area contributed by atoms with E-state index in [1.807, 2.05) is 18.3 Å². The Morgan fingerprint density at radius 1 is 1.48 bits per heavy atom. The highest BCUT2D eigenvalue weighted by Crippen LogP contribution is 2.37. The molecule has 3 aliphatic heterocycles. The van der Waals surface area contributed by atoms with Crippen LogP contribution < -0.4 is 5.32 Å². The SMILES string of the molecule is C[C@@]1(NC(=O)c2cc3ccncc3s2)CC2CCN1CC2. The first-order chi connectivity index (χ1) is 10.1. The Morgan fingerprint density at radius 2 is 2.29 bits per heavy atom. The maximum atomic E-state index is 12.6. The summed E-state index contributed by atoms with van der Waals surface area (Å²) in [5.74, 6) is 0.818. The van der Waals surface area contributed by atoms with E-state index in [1.54, 1.807) is 6.20 Å². The Morgan fingerprint density at radius 3 is 2.95 bits per heavy atom. The number of nitrogens with zero attached hydrogens (tertiary/aromatic N) is 2. The maximum absolute atomic E-state index is 12.6. The molecule has 0 saturated carbocycles. The molecule has 1 atom stereocenters.